The van der Waals surface area contributed by atoms with E-state index in [4.69, 9.17) is 0 Å². The number of unbranched alkanes of at least 4 members (excludes halogenated alkanes) is 1. The Labute approximate surface area is 84.6 Å². The van der Waals surface area contributed by atoms with Gasteiger partial charge < -0.3 is 4.90 Å². The Balaban J connectivity index is 2.05. The van der Waals surface area contributed by atoms with E-state index in [0.29, 0.717) is 0 Å². The maximum absolute atomic E-state index is 3.46. The summed E-state index contributed by atoms with van der Waals surface area (Å²) in [5, 5.41) is 1.16. The highest BCUT2D eigenvalue weighted by Crippen LogP contribution is 2.22. The normalized spacial score (nSPS) is 19.2. The first-order chi connectivity index (χ1) is 5.84. The number of alkyl halides is 1. The molecular weight excluding hydrogens is 214 g/mol. The van der Waals surface area contributed by atoms with Gasteiger partial charge in [0, 0.05) is 11.4 Å². The minimum atomic E-state index is 0.903. The highest BCUT2D eigenvalue weighted by Gasteiger charge is 2.18. The minimum Gasteiger partial charge on any atom is -0.303 e. The number of hydrogen-bond donors (Lipinski definition) is 0. The molecule has 0 aromatic rings. The van der Waals surface area contributed by atoms with Gasteiger partial charge in [-0.15, -0.1) is 0 Å². The fraction of sp³-hybridized carbons (Fsp3) is 1.00. The highest BCUT2D eigenvalue weighted by molar-refractivity contribution is 9.09. The lowest BCUT2D eigenvalue weighted by Crippen LogP contribution is -2.29. The van der Waals surface area contributed by atoms with Gasteiger partial charge in [0.25, 0.3) is 0 Å². The topological polar surface area (TPSA) is 3.24 Å². The first-order valence-corrected chi connectivity index (χ1v) is 6.23. The summed E-state index contributed by atoms with van der Waals surface area (Å²) in [4.78, 5) is 2.55. The average molecular weight is 234 g/mol. The molecule has 0 saturated heterocycles. The van der Waals surface area contributed by atoms with E-state index in [1.54, 1.807) is 0 Å². The van der Waals surface area contributed by atoms with Gasteiger partial charge >= 0.3 is 0 Å². The second-order valence-corrected chi connectivity index (χ2v) is 4.61. The summed E-state index contributed by atoms with van der Waals surface area (Å²) < 4.78 is 0. The molecule has 0 N–H and O–H groups in total. The van der Waals surface area contributed by atoms with E-state index in [-0.39, 0.29) is 0 Å². The maximum atomic E-state index is 3.46. The number of hydrogen-bond acceptors (Lipinski definition) is 1. The molecule has 72 valence electrons. The fourth-order valence-electron chi connectivity index (χ4n) is 1.98. The Morgan fingerprint density at radius 3 is 2.50 bits per heavy atom. The summed E-state index contributed by atoms with van der Waals surface area (Å²) in [6, 6.07) is 0.903. The van der Waals surface area contributed by atoms with Crippen LogP contribution in [0.5, 0.6) is 0 Å². The number of halogens is 1. The second kappa shape index (κ2) is 5.98. The van der Waals surface area contributed by atoms with E-state index in [0.717, 1.165) is 11.4 Å². The summed E-state index contributed by atoms with van der Waals surface area (Å²) in [6.45, 7) is 1.29. The van der Waals surface area contributed by atoms with E-state index in [1.807, 2.05) is 0 Å². The predicted molar refractivity (Wildman–Crippen MR) is 57.9 cm³/mol. The Bertz CT molecular complexity index is 110. The minimum absolute atomic E-state index is 0.903. The Hall–Kier alpha value is 0.440. The lowest BCUT2D eigenvalue weighted by molar-refractivity contribution is 0.242. The van der Waals surface area contributed by atoms with Crippen molar-refractivity contribution in [1.82, 2.24) is 4.90 Å². The van der Waals surface area contributed by atoms with Crippen molar-refractivity contribution < 1.29 is 0 Å². The van der Waals surface area contributed by atoms with Gasteiger partial charge in [-0.1, -0.05) is 28.8 Å². The van der Waals surface area contributed by atoms with Crippen LogP contribution in [0, 0.1) is 0 Å². The molecule has 0 spiro atoms. The third-order valence-corrected chi connectivity index (χ3v) is 3.40. The summed E-state index contributed by atoms with van der Waals surface area (Å²) in [6.07, 6.45) is 8.44. The molecule has 0 atom stereocenters. The van der Waals surface area contributed by atoms with Crippen molar-refractivity contribution in [3.63, 3.8) is 0 Å². The largest absolute Gasteiger partial charge is 0.303 e. The molecule has 1 rings (SSSR count). The fourth-order valence-corrected chi connectivity index (χ4v) is 2.38. The molecule has 1 saturated carbocycles. The quantitative estimate of drug-likeness (QED) is 0.522. The molecule has 1 aliphatic rings. The molecule has 0 aromatic carbocycles. The zero-order chi connectivity index (χ0) is 8.81. The molecule has 0 bridgehead atoms. The van der Waals surface area contributed by atoms with Crippen LogP contribution in [0.1, 0.15) is 38.5 Å². The van der Waals surface area contributed by atoms with E-state index >= 15 is 0 Å². The summed E-state index contributed by atoms with van der Waals surface area (Å²) in [5.74, 6) is 0. The zero-order valence-electron chi connectivity index (χ0n) is 8.06. The first kappa shape index (κ1) is 10.5. The molecule has 1 fully saturated rings. The van der Waals surface area contributed by atoms with Gasteiger partial charge in [-0.3, -0.25) is 0 Å². The summed E-state index contributed by atoms with van der Waals surface area (Å²) in [5.41, 5.74) is 0. The van der Waals surface area contributed by atoms with E-state index < -0.39 is 0 Å². The van der Waals surface area contributed by atoms with Crippen LogP contribution in [0.15, 0.2) is 0 Å². The van der Waals surface area contributed by atoms with E-state index in [1.165, 1.54) is 45.1 Å². The van der Waals surface area contributed by atoms with Gasteiger partial charge in [0.15, 0.2) is 0 Å². The standard InChI is InChI=1S/C10H20BrN/c1-12(9-5-4-8-11)10-6-2-3-7-10/h10H,2-9H2,1H3. The average Bonchev–Trinajstić information content (AvgIpc) is 2.56. The lowest BCUT2D eigenvalue weighted by Gasteiger charge is -2.23. The monoisotopic (exact) mass is 233 g/mol. The molecule has 0 amide bonds. The van der Waals surface area contributed by atoms with Crippen LogP contribution in [-0.4, -0.2) is 29.9 Å². The number of nitrogens with zero attached hydrogens (tertiary/aromatic N) is 1. The van der Waals surface area contributed by atoms with Crippen molar-refractivity contribution in [2.75, 3.05) is 18.9 Å². The van der Waals surface area contributed by atoms with Crippen LogP contribution in [-0.2, 0) is 0 Å². The molecule has 0 aromatic heterocycles. The smallest absolute Gasteiger partial charge is 0.00922 e. The second-order valence-electron chi connectivity index (χ2n) is 3.81. The van der Waals surface area contributed by atoms with Crippen molar-refractivity contribution in [2.45, 2.75) is 44.6 Å². The molecule has 1 aliphatic carbocycles. The third-order valence-electron chi connectivity index (χ3n) is 2.84. The van der Waals surface area contributed by atoms with Gasteiger partial charge in [0.1, 0.15) is 0 Å². The van der Waals surface area contributed by atoms with Gasteiger partial charge in [-0.05, 0) is 39.3 Å². The van der Waals surface area contributed by atoms with Gasteiger partial charge in [-0.2, -0.15) is 0 Å². The predicted octanol–water partition coefficient (Wildman–Crippen LogP) is 3.04. The maximum Gasteiger partial charge on any atom is 0.00922 e. The SMILES string of the molecule is CN(CCCCBr)C1CCCC1. The Kier molecular flexibility index (Phi) is 5.24. The molecular formula is C10H20BrN. The van der Waals surface area contributed by atoms with Crippen molar-refractivity contribution in [3.8, 4) is 0 Å². The molecule has 0 unspecified atom stereocenters. The Morgan fingerprint density at radius 2 is 1.92 bits per heavy atom. The Morgan fingerprint density at radius 1 is 1.25 bits per heavy atom. The van der Waals surface area contributed by atoms with Crippen LogP contribution in [0.4, 0.5) is 0 Å². The van der Waals surface area contributed by atoms with Crippen LogP contribution in [0.3, 0.4) is 0 Å². The van der Waals surface area contributed by atoms with Crippen LogP contribution >= 0.6 is 15.9 Å². The van der Waals surface area contributed by atoms with Crippen molar-refractivity contribution in [3.05, 3.63) is 0 Å². The van der Waals surface area contributed by atoms with Gasteiger partial charge in [-0.25, -0.2) is 0 Å². The first-order valence-electron chi connectivity index (χ1n) is 5.11. The molecule has 2 heteroatoms. The summed E-state index contributed by atoms with van der Waals surface area (Å²) >= 11 is 3.46. The third kappa shape index (κ3) is 3.44. The molecule has 0 aliphatic heterocycles. The van der Waals surface area contributed by atoms with Crippen LogP contribution in [0.2, 0.25) is 0 Å². The van der Waals surface area contributed by atoms with Crippen molar-refractivity contribution in [1.29, 1.82) is 0 Å². The van der Waals surface area contributed by atoms with Gasteiger partial charge in [0.05, 0.1) is 0 Å². The van der Waals surface area contributed by atoms with Crippen LogP contribution in [0.25, 0.3) is 0 Å². The van der Waals surface area contributed by atoms with Crippen molar-refractivity contribution in [2.24, 2.45) is 0 Å². The van der Waals surface area contributed by atoms with Gasteiger partial charge in [0.2, 0.25) is 0 Å². The molecule has 0 heterocycles. The van der Waals surface area contributed by atoms with Crippen LogP contribution < -0.4 is 0 Å². The summed E-state index contributed by atoms with van der Waals surface area (Å²) in [7, 11) is 2.28. The molecule has 0 radical (unpaired) electrons. The van der Waals surface area contributed by atoms with Crippen molar-refractivity contribution >= 4 is 15.9 Å². The van der Waals surface area contributed by atoms with E-state index in [9.17, 15) is 0 Å². The zero-order valence-corrected chi connectivity index (χ0v) is 9.65. The lowest BCUT2D eigenvalue weighted by atomic mass is 10.2. The number of rotatable bonds is 5. The molecule has 12 heavy (non-hydrogen) atoms. The van der Waals surface area contributed by atoms with E-state index in [2.05, 4.69) is 27.9 Å². The molecule has 1 nitrogen and oxygen atoms in total. The highest BCUT2D eigenvalue weighted by atomic mass is 79.9.